The summed E-state index contributed by atoms with van der Waals surface area (Å²) in [6, 6.07) is 0.549. The van der Waals surface area contributed by atoms with Crippen molar-refractivity contribution in [3.05, 3.63) is 12.2 Å². The summed E-state index contributed by atoms with van der Waals surface area (Å²) in [5, 5.41) is 9.19. The Bertz CT molecular complexity index is 154. The molecule has 12 heavy (non-hydrogen) atoms. The standard InChI is InChI=1S/C10H19NO/c1-9(12)8-11(2)10-6-4-3-5-7-10/h4,6,9-10,12H,3,5,7-8H2,1-2H3/t9-,10?/m1/s1. The number of likely N-dealkylation sites (N-methyl/N-ethyl adjacent to an activating group) is 1. The first kappa shape index (κ1) is 9.75. The Morgan fingerprint density at radius 1 is 1.67 bits per heavy atom. The van der Waals surface area contributed by atoms with Crippen molar-refractivity contribution in [2.45, 2.75) is 38.3 Å². The summed E-state index contributed by atoms with van der Waals surface area (Å²) >= 11 is 0. The average Bonchev–Trinajstić information content (AvgIpc) is 2.05. The molecule has 0 fully saturated rings. The third-order valence-corrected chi connectivity index (χ3v) is 2.35. The van der Waals surface area contributed by atoms with Crippen molar-refractivity contribution in [1.82, 2.24) is 4.90 Å². The van der Waals surface area contributed by atoms with E-state index in [0.717, 1.165) is 6.54 Å². The molecule has 70 valence electrons. The highest BCUT2D eigenvalue weighted by Gasteiger charge is 2.14. The van der Waals surface area contributed by atoms with Crippen molar-refractivity contribution >= 4 is 0 Å². The zero-order valence-electron chi connectivity index (χ0n) is 8.03. The predicted octanol–water partition coefficient (Wildman–Crippen LogP) is 1.41. The lowest BCUT2D eigenvalue weighted by Gasteiger charge is -2.28. The number of hydrogen-bond donors (Lipinski definition) is 1. The molecule has 0 heterocycles. The second-order valence-corrected chi connectivity index (χ2v) is 3.72. The van der Waals surface area contributed by atoms with Gasteiger partial charge in [0.1, 0.15) is 0 Å². The number of hydrogen-bond acceptors (Lipinski definition) is 2. The molecule has 1 unspecified atom stereocenters. The molecule has 0 saturated heterocycles. The Balaban J connectivity index is 2.34. The van der Waals surface area contributed by atoms with E-state index in [1.807, 2.05) is 6.92 Å². The van der Waals surface area contributed by atoms with Crippen LogP contribution in [0.3, 0.4) is 0 Å². The highest BCUT2D eigenvalue weighted by Crippen LogP contribution is 2.14. The van der Waals surface area contributed by atoms with E-state index in [-0.39, 0.29) is 6.10 Å². The van der Waals surface area contributed by atoms with Crippen molar-refractivity contribution in [2.75, 3.05) is 13.6 Å². The van der Waals surface area contributed by atoms with Gasteiger partial charge >= 0.3 is 0 Å². The van der Waals surface area contributed by atoms with Gasteiger partial charge < -0.3 is 5.11 Å². The predicted molar refractivity (Wildman–Crippen MR) is 51.1 cm³/mol. The number of nitrogens with zero attached hydrogens (tertiary/aromatic N) is 1. The van der Waals surface area contributed by atoms with Crippen LogP contribution in [0.15, 0.2) is 12.2 Å². The zero-order chi connectivity index (χ0) is 8.97. The van der Waals surface area contributed by atoms with E-state index in [1.165, 1.54) is 19.3 Å². The highest BCUT2D eigenvalue weighted by molar-refractivity contribution is 4.98. The smallest absolute Gasteiger partial charge is 0.0639 e. The first-order valence-corrected chi connectivity index (χ1v) is 4.75. The zero-order valence-corrected chi connectivity index (χ0v) is 8.03. The summed E-state index contributed by atoms with van der Waals surface area (Å²) in [5.41, 5.74) is 0. The molecule has 2 atom stereocenters. The molecule has 0 bridgehead atoms. The van der Waals surface area contributed by atoms with E-state index >= 15 is 0 Å². The Morgan fingerprint density at radius 3 is 2.92 bits per heavy atom. The fourth-order valence-corrected chi connectivity index (χ4v) is 1.71. The summed E-state index contributed by atoms with van der Waals surface area (Å²) < 4.78 is 0. The van der Waals surface area contributed by atoms with Crippen LogP contribution in [0.1, 0.15) is 26.2 Å². The number of rotatable bonds is 3. The van der Waals surface area contributed by atoms with Gasteiger partial charge in [0.2, 0.25) is 0 Å². The normalized spacial score (nSPS) is 26.2. The lowest BCUT2D eigenvalue weighted by molar-refractivity contribution is 0.124. The largest absolute Gasteiger partial charge is 0.392 e. The molecule has 1 aliphatic rings. The molecule has 2 nitrogen and oxygen atoms in total. The maximum atomic E-state index is 9.19. The van der Waals surface area contributed by atoms with Crippen LogP contribution in [0.5, 0.6) is 0 Å². The van der Waals surface area contributed by atoms with Gasteiger partial charge in [0.25, 0.3) is 0 Å². The lowest BCUT2D eigenvalue weighted by Crippen LogP contribution is -2.36. The first-order chi connectivity index (χ1) is 5.70. The Kier molecular flexibility index (Phi) is 3.76. The molecule has 1 N–H and O–H groups in total. The fourth-order valence-electron chi connectivity index (χ4n) is 1.71. The summed E-state index contributed by atoms with van der Waals surface area (Å²) in [7, 11) is 2.08. The Hall–Kier alpha value is -0.340. The second-order valence-electron chi connectivity index (χ2n) is 3.72. The first-order valence-electron chi connectivity index (χ1n) is 4.75. The molecular weight excluding hydrogens is 150 g/mol. The van der Waals surface area contributed by atoms with Gasteiger partial charge in [-0.05, 0) is 33.2 Å². The summed E-state index contributed by atoms with van der Waals surface area (Å²) in [5.74, 6) is 0. The van der Waals surface area contributed by atoms with Crippen molar-refractivity contribution in [3.63, 3.8) is 0 Å². The summed E-state index contributed by atoms with van der Waals surface area (Å²) in [6.07, 6.45) is 8.02. The Labute approximate surface area is 74.9 Å². The monoisotopic (exact) mass is 169 g/mol. The van der Waals surface area contributed by atoms with Gasteiger partial charge in [-0.25, -0.2) is 0 Å². The van der Waals surface area contributed by atoms with Gasteiger partial charge in [-0.2, -0.15) is 0 Å². The number of aliphatic hydroxyl groups excluding tert-OH is 1. The van der Waals surface area contributed by atoms with Crippen molar-refractivity contribution in [3.8, 4) is 0 Å². The minimum atomic E-state index is -0.217. The van der Waals surface area contributed by atoms with Crippen LogP contribution < -0.4 is 0 Å². The van der Waals surface area contributed by atoms with Crippen molar-refractivity contribution in [2.24, 2.45) is 0 Å². The number of allylic oxidation sites excluding steroid dienone is 1. The highest BCUT2D eigenvalue weighted by atomic mass is 16.3. The van der Waals surface area contributed by atoms with E-state index in [2.05, 4.69) is 24.1 Å². The summed E-state index contributed by atoms with van der Waals surface area (Å²) in [6.45, 7) is 2.61. The summed E-state index contributed by atoms with van der Waals surface area (Å²) in [4.78, 5) is 2.22. The van der Waals surface area contributed by atoms with Crippen LogP contribution in [0.4, 0.5) is 0 Å². The van der Waals surface area contributed by atoms with Crippen LogP contribution in [0, 0.1) is 0 Å². The molecule has 0 aromatic rings. The van der Waals surface area contributed by atoms with Crippen molar-refractivity contribution in [1.29, 1.82) is 0 Å². The molecule has 0 aliphatic heterocycles. The van der Waals surface area contributed by atoms with E-state index in [0.29, 0.717) is 6.04 Å². The lowest BCUT2D eigenvalue weighted by atomic mass is 10.0. The number of aliphatic hydroxyl groups is 1. The molecule has 0 radical (unpaired) electrons. The minimum Gasteiger partial charge on any atom is -0.392 e. The van der Waals surface area contributed by atoms with Gasteiger partial charge in [0, 0.05) is 12.6 Å². The van der Waals surface area contributed by atoms with Gasteiger partial charge in [-0.15, -0.1) is 0 Å². The molecule has 0 aromatic heterocycles. The molecular formula is C10H19NO. The van der Waals surface area contributed by atoms with E-state index in [9.17, 15) is 5.11 Å². The maximum Gasteiger partial charge on any atom is 0.0639 e. The van der Waals surface area contributed by atoms with Crippen LogP contribution in [0.2, 0.25) is 0 Å². The van der Waals surface area contributed by atoms with E-state index in [1.54, 1.807) is 0 Å². The molecule has 1 rings (SSSR count). The molecule has 0 spiro atoms. The SMILES string of the molecule is C[C@@H](O)CN(C)C1C=CCCC1. The van der Waals surface area contributed by atoms with Crippen molar-refractivity contribution < 1.29 is 5.11 Å². The second kappa shape index (κ2) is 4.63. The van der Waals surface area contributed by atoms with Crippen LogP contribution in [-0.2, 0) is 0 Å². The van der Waals surface area contributed by atoms with Crippen LogP contribution in [0.25, 0.3) is 0 Å². The molecule has 0 aromatic carbocycles. The minimum absolute atomic E-state index is 0.217. The van der Waals surface area contributed by atoms with Crippen LogP contribution >= 0.6 is 0 Å². The van der Waals surface area contributed by atoms with Crippen LogP contribution in [-0.4, -0.2) is 35.7 Å². The third-order valence-electron chi connectivity index (χ3n) is 2.35. The van der Waals surface area contributed by atoms with Gasteiger partial charge in [0.15, 0.2) is 0 Å². The fraction of sp³-hybridized carbons (Fsp3) is 0.800. The molecule has 2 heteroatoms. The topological polar surface area (TPSA) is 23.5 Å². The maximum absolute atomic E-state index is 9.19. The van der Waals surface area contributed by atoms with E-state index in [4.69, 9.17) is 0 Å². The molecule has 0 saturated carbocycles. The average molecular weight is 169 g/mol. The van der Waals surface area contributed by atoms with E-state index < -0.39 is 0 Å². The van der Waals surface area contributed by atoms with Gasteiger partial charge in [0.05, 0.1) is 6.10 Å². The Morgan fingerprint density at radius 2 is 2.42 bits per heavy atom. The quantitative estimate of drug-likeness (QED) is 0.646. The molecule has 0 amide bonds. The van der Waals surface area contributed by atoms with Gasteiger partial charge in [-0.3, -0.25) is 4.90 Å². The molecule has 1 aliphatic carbocycles. The van der Waals surface area contributed by atoms with Gasteiger partial charge in [-0.1, -0.05) is 12.2 Å². The third kappa shape index (κ3) is 2.95.